The lowest BCUT2D eigenvalue weighted by atomic mass is 9.93. The van der Waals surface area contributed by atoms with Crippen LogP contribution < -0.4 is 10.6 Å². The first-order valence-electron chi connectivity index (χ1n) is 12.7. The summed E-state index contributed by atoms with van der Waals surface area (Å²) in [5, 5.41) is 4.31. The number of carbonyl (C=O) groups excluding carboxylic acids is 8. The average molecular weight is 548 g/mol. The standard InChI is InChI=1S/2C13H10N2O5/c16-8-4-2-6(11(17)14-8)15-12(18)5-1-3-7-10(20-7)9(5)13(15)19;16-9-5-4-7(10(17)14-9)15-11(18)6-2-1-3-8-13(6,20-8)12(15)19/h1,3,6-7,10H,2,4H2,(H,14,16,17);1-3,7-8H,4-5H2,(H,14,16,17). The molecule has 0 aromatic carbocycles. The fraction of sp³-hybridized carbons (Fsp3) is 0.385. The van der Waals surface area contributed by atoms with Gasteiger partial charge in [0.25, 0.3) is 23.6 Å². The summed E-state index contributed by atoms with van der Waals surface area (Å²) < 4.78 is 10.7. The Balaban J connectivity index is 0.000000132. The summed E-state index contributed by atoms with van der Waals surface area (Å²) in [6.45, 7) is 0. The van der Waals surface area contributed by atoms with E-state index in [1.54, 1.807) is 30.4 Å². The molecule has 8 aliphatic rings. The van der Waals surface area contributed by atoms with Crippen LogP contribution in [0.15, 0.2) is 47.1 Å². The van der Waals surface area contributed by atoms with Crippen molar-refractivity contribution < 1.29 is 47.8 Å². The SMILES string of the molecule is O=C1CCC(N2C(=O)C3=C(C2=O)C2OC2C=C3)C(=O)N1.O=C1CCC(N2C(=O)C3=CC=CC4OC34C2=O)C(=O)N1. The van der Waals surface area contributed by atoms with Crippen molar-refractivity contribution in [2.24, 2.45) is 0 Å². The van der Waals surface area contributed by atoms with Crippen molar-refractivity contribution in [3.05, 3.63) is 47.1 Å². The Labute approximate surface area is 224 Å². The van der Waals surface area contributed by atoms with E-state index in [1.165, 1.54) is 0 Å². The first-order valence-corrected chi connectivity index (χ1v) is 12.7. The zero-order chi connectivity index (χ0) is 28.1. The summed E-state index contributed by atoms with van der Waals surface area (Å²) in [4.78, 5) is 97.4. The fourth-order valence-electron chi connectivity index (χ4n) is 5.99. The molecule has 0 radical (unpaired) electrons. The van der Waals surface area contributed by atoms with Crippen LogP contribution in [0.5, 0.6) is 0 Å². The van der Waals surface area contributed by atoms with Gasteiger partial charge in [-0.2, -0.15) is 0 Å². The number of allylic oxidation sites excluding steroid dienone is 2. The number of fused-ring (bicyclic) bond motifs is 2. The Hall–Kier alpha value is -4.56. The van der Waals surface area contributed by atoms with Crippen LogP contribution in [0, 0.1) is 0 Å². The van der Waals surface area contributed by atoms with E-state index in [4.69, 9.17) is 9.47 Å². The van der Waals surface area contributed by atoms with Gasteiger partial charge in [-0.25, -0.2) is 0 Å². The second-order valence-corrected chi connectivity index (χ2v) is 10.3. The van der Waals surface area contributed by atoms with Gasteiger partial charge in [-0.05, 0) is 12.8 Å². The van der Waals surface area contributed by atoms with Crippen LogP contribution in [0.3, 0.4) is 0 Å². The Bertz CT molecular complexity index is 1520. The molecule has 14 heteroatoms. The van der Waals surface area contributed by atoms with E-state index in [9.17, 15) is 38.4 Å². The number of hydrogen-bond donors (Lipinski definition) is 2. The predicted octanol–water partition coefficient (Wildman–Crippen LogP) is -2.41. The molecule has 6 aliphatic heterocycles. The number of nitrogens with zero attached hydrogens (tertiary/aromatic N) is 2. The van der Waals surface area contributed by atoms with Gasteiger partial charge in [-0.15, -0.1) is 0 Å². The molecular weight excluding hydrogens is 528 g/mol. The third kappa shape index (κ3) is 3.29. The molecule has 204 valence electrons. The van der Waals surface area contributed by atoms with Crippen molar-refractivity contribution in [1.29, 1.82) is 0 Å². The van der Waals surface area contributed by atoms with Gasteiger partial charge >= 0.3 is 0 Å². The molecule has 2 N–H and O–H groups in total. The molecule has 1 spiro atoms. The van der Waals surface area contributed by atoms with Gasteiger partial charge in [-0.1, -0.05) is 30.4 Å². The first-order chi connectivity index (χ1) is 19.1. The molecule has 2 aliphatic carbocycles. The second-order valence-electron chi connectivity index (χ2n) is 10.3. The lowest BCUT2D eigenvalue weighted by molar-refractivity contribution is -0.151. The van der Waals surface area contributed by atoms with Gasteiger partial charge in [0.2, 0.25) is 29.2 Å². The highest BCUT2D eigenvalue weighted by molar-refractivity contribution is 6.24. The van der Waals surface area contributed by atoms with Crippen LogP contribution in [-0.2, 0) is 47.8 Å². The maximum atomic E-state index is 12.5. The molecule has 5 fully saturated rings. The third-order valence-electron chi connectivity index (χ3n) is 8.09. The quantitative estimate of drug-likeness (QED) is 0.277. The van der Waals surface area contributed by atoms with Gasteiger partial charge in [-0.3, -0.25) is 58.8 Å². The molecule has 6 atom stereocenters. The molecule has 6 heterocycles. The predicted molar refractivity (Wildman–Crippen MR) is 126 cm³/mol. The Morgan fingerprint density at radius 3 is 2.08 bits per heavy atom. The summed E-state index contributed by atoms with van der Waals surface area (Å²) in [7, 11) is 0. The van der Waals surface area contributed by atoms with Crippen LogP contribution in [0.1, 0.15) is 25.7 Å². The molecule has 0 saturated carbocycles. The fourth-order valence-corrected chi connectivity index (χ4v) is 5.99. The number of hydrogen-bond acceptors (Lipinski definition) is 10. The summed E-state index contributed by atoms with van der Waals surface area (Å²) in [5.74, 6) is -3.94. The van der Waals surface area contributed by atoms with Gasteiger partial charge in [0.1, 0.15) is 30.4 Å². The van der Waals surface area contributed by atoms with Crippen molar-refractivity contribution in [2.75, 3.05) is 0 Å². The largest absolute Gasteiger partial charge is 0.360 e. The number of ether oxygens (including phenoxy) is 2. The van der Waals surface area contributed by atoms with Crippen LogP contribution >= 0.6 is 0 Å². The topological polar surface area (TPSA) is 192 Å². The molecule has 0 bridgehead atoms. The summed E-state index contributed by atoms with van der Waals surface area (Å²) in [6, 6.07) is -1.85. The lowest BCUT2D eigenvalue weighted by Gasteiger charge is -2.28. The number of imide groups is 4. The maximum absolute atomic E-state index is 12.5. The minimum absolute atomic E-state index is 0.113. The first kappa shape index (κ1) is 24.5. The maximum Gasteiger partial charge on any atom is 0.270 e. The Morgan fingerprint density at radius 1 is 0.800 bits per heavy atom. The molecule has 6 unspecified atom stereocenters. The van der Waals surface area contributed by atoms with Crippen LogP contribution in [0.2, 0.25) is 0 Å². The Morgan fingerprint density at radius 2 is 1.45 bits per heavy atom. The highest BCUT2D eigenvalue weighted by Crippen LogP contribution is 2.52. The number of epoxide rings is 2. The molecule has 0 aromatic rings. The number of nitrogens with one attached hydrogen (secondary N) is 2. The highest BCUT2D eigenvalue weighted by Gasteiger charge is 2.73. The van der Waals surface area contributed by atoms with Crippen molar-refractivity contribution in [1.82, 2.24) is 20.4 Å². The summed E-state index contributed by atoms with van der Waals surface area (Å²) in [5.41, 5.74) is -0.293. The minimum atomic E-state index is -1.21. The number of rotatable bonds is 2. The zero-order valence-corrected chi connectivity index (χ0v) is 20.6. The molecule has 40 heavy (non-hydrogen) atoms. The third-order valence-corrected chi connectivity index (χ3v) is 8.09. The molecular formula is C26H20N4O10. The van der Waals surface area contributed by atoms with Gasteiger partial charge < -0.3 is 9.47 Å². The number of piperidine rings is 2. The van der Waals surface area contributed by atoms with Crippen LogP contribution in [0.4, 0.5) is 0 Å². The summed E-state index contributed by atoms with van der Waals surface area (Å²) in [6.07, 6.45) is 7.90. The average Bonchev–Trinajstić information content (AvgIpc) is 3.82. The van der Waals surface area contributed by atoms with Crippen LogP contribution in [-0.4, -0.2) is 93.1 Å². The van der Waals surface area contributed by atoms with Crippen molar-refractivity contribution >= 4 is 47.3 Å². The van der Waals surface area contributed by atoms with Crippen molar-refractivity contribution in [2.45, 2.75) is 61.7 Å². The molecule has 5 saturated heterocycles. The van der Waals surface area contributed by atoms with E-state index in [0.717, 1.165) is 9.80 Å². The van der Waals surface area contributed by atoms with E-state index < -0.39 is 59.2 Å². The lowest BCUT2D eigenvalue weighted by Crippen LogP contribution is -2.55. The van der Waals surface area contributed by atoms with E-state index >= 15 is 0 Å². The smallest absolute Gasteiger partial charge is 0.270 e. The monoisotopic (exact) mass is 548 g/mol. The molecule has 0 aromatic heterocycles. The Kier molecular flexibility index (Phi) is 5.03. The number of carbonyl (C=O) groups is 8. The summed E-state index contributed by atoms with van der Waals surface area (Å²) >= 11 is 0. The van der Waals surface area contributed by atoms with E-state index in [2.05, 4.69) is 10.6 Å². The number of likely N-dealkylation sites (tertiary alicyclic amines) is 1. The van der Waals surface area contributed by atoms with Crippen molar-refractivity contribution in [3.8, 4) is 0 Å². The van der Waals surface area contributed by atoms with Crippen molar-refractivity contribution in [3.63, 3.8) is 0 Å². The van der Waals surface area contributed by atoms with E-state index in [-0.39, 0.29) is 55.3 Å². The molecule has 14 nitrogen and oxygen atoms in total. The highest BCUT2D eigenvalue weighted by atomic mass is 16.6. The second kappa shape index (κ2) is 8.22. The van der Waals surface area contributed by atoms with E-state index in [0.29, 0.717) is 11.1 Å². The van der Waals surface area contributed by atoms with E-state index in [1.807, 2.05) is 0 Å². The zero-order valence-electron chi connectivity index (χ0n) is 20.6. The molecule has 8 amide bonds. The number of amides is 8. The van der Waals surface area contributed by atoms with Gasteiger partial charge in [0.15, 0.2) is 0 Å². The molecule has 8 rings (SSSR count). The van der Waals surface area contributed by atoms with Crippen LogP contribution in [0.25, 0.3) is 0 Å². The minimum Gasteiger partial charge on any atom is -0.360 e. The van der Waals surface area contributed by atoms with Gasteiger partial charge in [0.05, 0.1) is 16.7 Å². The normalized spacial score (nSPS) is 36.8. The van der Waals surface area contributed by atoms with Gasteiger partial charge in [0, 0.05) is 12.8 Å².